The molecule has 0 aliphatic carbocycles. The minimum atomic E-state index is -2.90. The summed E-state index contributed by atoms with van der Waals surface area (Å²) in [5, 5.41) is 0. The zero-order chi connectivity index (χ0) is 11.3. The maximum atomic E-state index is 11.5. The molecule has 15 heavy (non-hydrogen) atoms. The van der Waals surface area contributed by atoms with Gasteiger partial charge in [0.05, 0.1) is 18.1 Å². The van der Waals surface area contributed by atoms with Gasteiger partial charge in [-0.1, -0.05) is 0 Å². The summed E-state index contributed by atoms with van der Waals surface area (Å²) in [6, 6.07) is 0. The number of thioether (sulfide) groups is 1. The molecule has 1 saturated heterocycles. The third-order valence-corrected chi connectivity index (χ3v) is 4.41. The molecule has 0 aromatic carbocycles. The monoisotopic (exact) mass is 252 g/mol. The van der Waals surface area contributed by atoms with Gasteiger partial charge in [-0.15, -0.1) is 0 Å². The van der Waals surface area contributed by atoms with E-state index in [0.29, 0.717) is 24.7 Å². The predicted molar refractivity (Wildman–Crippen MR) is 61.0 cm³/mol. The van der Waals surface area contributed by atoms with Crippen LogP contribution >= 0.6 is 11.8 Å². The maximum Gasteiger partial charge on any atom is 0.148 e. The van der Waals surface area contributed by atoms with Crippen molar-refractivity contribution in [2.45, 2.75) is 6.42 Å². The Morgan fingerprint density at radius 3 is 2.80 bits per heavy atom. The van der Waals surface area contributed by atoms with Gasteiger partial charge in [-0.25, -0.2) is 8.42 Å². The molecule has 1 heterocycles. The second kappa shape index (κ2) is 5.86. The summed E-state index contributed by atoms with van der Waals surface area (Å²) in [6.07, 6.45) is 2.02. The third kappa shape index (κ3) is 5.53. The molecule has 0 aromatic rings. The maximum absolute atomic E-state index is 11.5. The second-order valence-electron chi connectivity index (χ2n) is 3.71. The van der Waals surface area contributed by atoms with Crippen LogP contribution in [0.15, 0.2) is 0 Å². The molecule has 1 unspecified atom stereocenters. The van der Waals surface area contributed by atoms with E-state index in [4.69, 9.17) is 4.74 Å². The van der Waals surface area contributed by atoms with Gasteiger partial charge in [-0.2, -0.15) is 11.8 Å². The largest absolute Gasteiger partial charge is 0.381 e. The summed E-state index contributed by atoms with van der Waals surface area (Å²) in [4.78, 5) is 11.5. The molecule has 0 radical (unpaired) electrons. The van der Waals surface area contributed by atoms with Gasteiger partial charge in [-0.3, -0.25) is 4.79 Å². The highest BCUT2D eigenvalue weighted by atomic mass is 32.2. The van der Waals surface area contributed by atoms with Crippen LogP contribution in [-0.2, 0) is 19.4 Å². The van der Waals surface area contributed by atoms with Crippen LogP contribution in [0.3, 0.4) is 0 Å². The molecule has 0 spiro atoms. The van der Waals surface area contributed by atoms with Gasteiger partial charge in [0.15, 0.2) is 0 Å². The molecule has 0 aromatic heterocycles. The molecule has 1 rings (SSSR count). The smallest absolute Gasteiger partial charge is 0.148 e. The van der Waals surface area contributed by atoms with Crippen molar-refractivity contribution in [3.63, 3.8) is 0 Å². The molecular formula is C9H16O4S2. The van der Waals surface area contributed by atoms with E-state index in [0.717, 1.165) is 6.42 Å². The SMILES string of the molecule is CS(=O)(=O)CCSCC(=O)C1CCOC1. The van der Waals surface area contributed by atoms with Gasteiger partial charge in [-0.05, 0) is 6.42 Å². The summed E-state index contributed by atoms with van der Waals surface area (Å²) in [7, 11) is -2.90. The fourth-order valence-electron chi connectivity index (χ4n) is 1.29. The van der Waals surface area contributed by atoms with Crippen molar-refractivity contribution in [2.24, 2.45) is 5.92 Å². The van der Waals surface area contributed by atoms with Crippen molar-refractivity contribution in [1.29, 1.82) is 0 Å². The van der Waals surface area contributed by atoms with Crippen molar-refractivity contribution in [1.82, 2.24) is 0 Å². The predicted octanol–water partition coefficient (Wildman–Crippen LogP) is 0.370. The summed E-state index contributed by atoms with van der Waals surface area (Å²) in [5.74, 6) is 1.27. The van der Waals surface area contributed by atoms with Crippen molar-refractivity contribution >= 4 is 27.4 Å². The number of ether oxygens (including phenoxy) is 1. The Morgan fingerprint density at radius 1 is 1.53 bits per heavy atom. The van der Waals surface area contributed by atoms with Gasteiger partial charge >= 0.3 is 0 Å². The van der Waals surface area contributed by atoms with E-state index in [-0.39, 0.29) is 17.5 Å². The van der Waals surface area contributed by atoms with Crippen molar-refractivity contribution in [3.8, 4) is 0 Å². The van der Waals surface area contributed by atoms with Crippen LogP contribution in [0.2, 0.25) is 0 Å². The first-order valence-corrected chi connectivity index (χ1v) is 8.06. The topological polar surface area (TPSA) is 60.4 Å². The minimum Gasteiger partial charge on any atom is -0.381 e. The molecule has 0 saturated carbocycles. The number of hydrogen-bond acceptors (Lipinski definition) is 5. The van der Waals surface area contributed by atoms with Crippen LogP contribution in [0.1, 0.15) is 6.42 Å². The van der Waals surface area contributed by atoms with E-state index in [1.807, 2.05) is 0 Å². The van der Waals surface area contributed by atoms with E-state index in [2.05, 4.69) is 0 Å². The van der Waals surface area contributed by atoms with E-state index >= 15 is 0 Å². The number of sulfone groups is 1. The quantitative estimate of drug-likeness (QED) is 0.639. The number of carbonyl (C=O) groups is 1. The fourth-order valence-corrected chi connectivity index (χ4v) is 3.55. The average Bonchev–Trinajstić information content (AvgIpc) is 2.63. The molecule has 1 aliphatic rings. The number of Topliss-reactive ketones (excluding diaryl/α,β-unsaturated/α-hetero) is 1. The van der Waals surface area contributed by atoms with Crippen LogP contribution < -0.4 is 0 Å². The normalized spacial score (nSPS) is 21.8. The Labute approximate surface area is 94.7 Å². The lowest BCUT2D eigenvalue weighted by Gasteiger charge is -2.05. The van der Waals surface area contributed by atoms with Crippen LogP contribution in [0.4, 0.5) is 0 Å². The number of hydrogen-bond donors (Lipinski definition) is 0. The Morgan fingerprint density at radius 2 is 2.27 bits per heavy atom. The fraction of sp³-hybridized carbons (Fsp3) is 0.889. The van der Waals surface area contributed by atoms with Crippen LogP contribution in [0.5, 0.6) is 0 Å². The minimum absolute atomic E-state index is 0.0377. The summed E-state index contributed by atoms with van der Waals surface area (Å²) in [5.41, 5.74) is 0. The Hall–Kier alpha value is -0.0700. The van der Waals surface area contributed by atoms with Gasteiger partial charge in [0.2, 0.25) is 0 Å². The summed E-state index contributed by atoms with van der Waals surface area (Å²) in [6.45, 7) is 1.20. The highest BCUT2D eigenvalue weighted by Gasteiger charge is 2.22. The summed E-state index contributed by atoms with van der Waals surface area (Å²) < 4.78 is 26.7. The zero-order valence-corrected chi connectivity index (χ0v) is 10.4. The number of carbonyl (C=O) groups excluding carboxylic acids is 1. The van der Waals surface area contributed by atoms with Gasteiger partial charge in [0, 0.05) is 24.5 Å². The van der Waals surface area contributed by atoms with Crippen molar-refractivity contribution in [3.05, 3.63) is 0 Å². The summed E-state index contributed by atoms with van der Waals surface area (Å²) >= 11 is 1.39. The van der Waals surface area contributed by atoms with E-state index in [9.17, 15) is 13.2 Å². The van der Waals surface area contributed by atoms with Crippen molar-refractivity contribution < 1.29 is 17.9 Å². The van der Waals surface area contributed by atoms with E-state index in [1.54, 1.807) is 0 Å². The van der Waals surface area contributed by atoms with Gasteiger partial charge < -0.3 is 4.74 Å². The number of rotatable bonds is 6. The first-order chi connectivity index (χ1) is 6.99. The van der Waals surface area contributed by atoms with E-state index < -0.39 is 9.84 Å². The molecule has 88 valence electrons. The highest BCUT2D eigenvalue weighted by molar-refractivity contribution is 8.01. The molecule has 4 nitrogen and oxygen atoms in total. The molecular weight excluding hydrogens is 236 g/mol. The molecule has 0 amide bonds. The second-order valence-corrected chi connectivity index (χ2v) is 7.07. The molecule has 1 fully saturated rings. The first-order valence-electron chi connectivity index (χ1n) is 4.85. The highest BCUT2D eigenvalue weighted by Crippen LogP contribution is 2.16. The van der Waals surface area contributed by atoms with Crippen LogP contribution in [0, 0.1) is 5.92 Å². The van der Waals surface area contributed by atoms with Gasteiger partial charge in [0.25, 0.3) is 0 Å². The standard InChI is InChI=1S/C9H16O4S2/c1-15(11,12)5-4-14-7-9(10)8-2-3-13-6-8/h8H,2-7H2,1H3. The lowest BCUT2D eigenvalue weighted by molar-refractivity contribution is -0.120. The Kier molecular flexibility index (Phi) is 5.08. The average molecular weight is 252 g/mol. The molecule has 1 aliphatic heterocycles. The zero-order valence-electron chi connectivity index (χ0n) is 8.77. The van der Waals surface area contributed by atoms with Gasteiger partial charge in [0.1, 0.15) is 15.6 Å². The molecule has 6 heteroatoms. The number of ketones is 1. The molecule has 1 atom stereocenters. The van der Waals surface area contributed by atoms with Crippen LogP contribution in [0.25, 0.3) is 0 Å². The molecule has 0 N–H and O–H groups in total. The van der Waals surface area contributed by atoms with Crippen LogP contribution in [-0.4, -0.2) is 50.9 Å². The Balaban J connectivity index is 2.12. The van der Waals surface area contributed by atoms with Crippen molar-refractivity contribution in [2.75, 3.05) is 36.7 Å². The lowest BCUT2D eigenvalue weighted by atomic mass is 10.1. The molecule has 0 bridgehead atoms. The third-order valence-electron chi connectivity index (χ3n) is 2.23. The Bertz CT molecular complexity index is 304. The lowest BCUT2D eigenvalue weighted by Crippen LogP contribution is -2.17. The van der Waals surface area contributed by atoms with E-state index in [1.165, 1.54) is 18.0 Å². The first kappa shape index (κ1) is 13.0.